The van der Waals surface area contributed by atoms with E-state index < -0.39 is 9.84 Å². The summed E-state index contributed by atoms with van der Waals surface area (Å²) in [5, 5.41) is 0.0673. The van der Waals surface area contributed by atoms with E-state index in [0.717, 1.165) is 11.1 Å². The summed E-state index contributed by atoms with van der Waals surface area (Å²) in [5.41, 5.74) is 2.67. The Bertz CT molecular complexity index is 903. The zero-order chi connectivity index (χ0) is 15.6. The van der Waals surface area contributed by atoms with E-state index in [0.29, 0.717) is 5.69 Å². The van der Waals surface area contributed by atoms with Crippen molar-refractivity contribution in [2.45, 2.75) is 16.8 Å². The third kappa shape index (κ3) is 2.78. The molecule has 0 spiro atoms. The first kappa shape index (κ1) is 14.5. The van der Waals surface area contributed by atoms with E-state index in [1.54, 1.807) is 36.4 Å². The lowest BCUT2D eigenvalue weighted by Gasteiger charge is -2.07. The number of nitrogens with zero attached hydrogens (tertiary/aromatic N) is 1. The van der Waals surface area contributed by atoms with Crippen molar-refractivity contribution in [3.05, 3.63) is 78.4 Å². The molecule has 3 rings (SSSR count). The van der Waals surface area contributed by atoms with E-state index in [4.69, 9.17) is 0 Å². The van der Waals surface area contributed by atoms with Crippen molar-refractivity contribution in [3.63, 3.8) is 0 Å². The highest BCUT2D eigenvalue weighted by Crippen LogP contribution is 2.23. The highest BCUT2D eigenvalue weighted by molar-refractivity contribution is 7.91. The fourth-order valence-electron chi connectivity index (χ4n) is 2.25. The van der Waals surface area contributed by atoms with Crippen LogP contribution in [0.15, 0.2) is 82.7 Å². The first-order valence-electron chi connectivity index (χ1n) is 6.91. The minimum atomic E-state index is -3.59. The summed E-state index contributed by atoms with van der Waals surface area (Å²) < 4.78 is 25.2. The first-order chi connectivity index (χ1) is 10.6. The molecule has 2 aromatic carbocycles. The van der Waals surface area contributed by atoms with Gasteiger partial charge in [-0.1, -0.05) is 48.0 Å². The molecule has 0 aliphatic heterocycles. The molecule has 22 heavy (non-hydrogen) atoms. The maximum atomic E-state index is 12.6. The molecule has 0 saturated heterocycles. The minimum Gasteiger partial charge on any atom is -0.236 e. The van der Waals surface area contributed by atoms with E-state index in [1.165, 1.54) is 6.07 Å². The minimum absolute atomic E-state index is 0.0673. The van der Waals surface area contributed by atoms with Crippen molar-refractivity contribution in [3.8, 4) is 11.3 Å². The number of hydrogen-bond donors (Lipinski definition) is 0. The van der Waals surface area contributed by atoms with Gasteiger partial charge in [0.15, 0.2) is 5.03 Å². The lowest BCUT2D eigenvalue weighted by Crippen LogP contribution is -2.04. The molecular weight excluding hydrogens is 294 g/mol. The number of hydrogen-bond acceptors (Lipinski definition) is 3. The highest BCUT2D eigenvalue weighted by Gasteiger charge is 2.19. The van der Waals surface area contributed by atoms with Gasteiger partial charge in [0, 0.05) is 5.56 Å². The lowest BCUT2D eigenvalue weighted by molar-refractivity contribution is 0.592. The van der Waals surface area contributed by atoms with Crippen molar-refractivity contribution in [2.75, 3.05) is 0 Å². The summed E-state index contributed by atoms with van der Waals surface area (Å²) in [6.45, 7) is 1.99. The predicted molar refractivity (Wildman–Crippen MR) is 86.3 cm³/mol. The average molecular weight is 309 g/mol. The van der Waals surface area contributed by atoms with E-state index >= 15 is 0 Å². The van der Waals surface area contributed by atoms with Gasteiger partial charge >= 0.3 is 0 Å². The number of pyridine rings is 1. The standard InChI is InChI=1S/C18H15NO2S/c1-14-7-5-8-15(13-14)17-11-6-12-18(19-17)22(20,21)16-9-3-2-4-10-16/h2-13H,1H3. The number of sulfone groups is 1. The topological polar surface area (TPSA) is 47.0 Å². The van der Waals surface area contributed by atoms with Crippen molar-refractivity contribution < 1.29 is 8.42 Å². The predicted octanol–water partition coefficient (Wildman–Crippen LogP) is 3.89. The smallest absolute Gasteiger partial charge is 0.223 e. The SMILES string of the molecule is Cc1cccc(-c2cccc(S(=O)(=O)c3ccccc3)n2)c1. The number of benzene rings is 2. The average Bonchev–Trinajstić information content (AvgIpc) is 2.56. The van der Waals surface area contributed by atoms with Crippen LogP contribution in [0, 0.1) is 6.92 Å². The Hall–Kier alpha value is -2.46. The molecule has 0 atom stereocenters. The number of aryl methyl sites for hydroxylation is 1. The van der Waals surface area contributed by atoms with Crippen LogP contribution in [0.1, 0.15) is 5.56 Å². The molecule has 0 aliphatic carbocycles. The third-order valence-electron chi connectivity index (χ3n) is 3.37. The fourth-order valence-corrected chi connectivity index (χ4v) is 3.48. The second-order valence-electron chi connectivity index (χ2n) is 5.05. The van der Waals surface area contributed by atoms with Crippen LogP contribution < -0.4 is 0 Å². The molecule has 0 bridgehead atoms. The van der Waals surface area contributed by atoms with Crippen LogP contribution in [0.3, 0.4) is 0 Å². The summed E-state index contributed by atoms with van der Waals surface area (Å²) in [7, 11) is -3.59. The molecular formula is C18H15NO2S. The lowest BCUT2D eigenvalue weighted by atomic mass is 10.1. The van der Waals surface area contributed by atoms with Crippen molar-refractivity contribution in [1.82, 2.24) is 4.98 Å². The van der Waals surface area contributed by atoms with Gasteiger partial charge < -0.3 is 0 Å². The molecule has 3 aromatic rings. The molecule has 0 unspecified atom stereocenters. The molecule has 0 fully saturated rings. The Labute approximate surface area is 130 Å². The van der Waals surface area contributed by atoms with Gasteiger partial charge in [0.25, 0.3) is 0 Å². The Kier molecular flexibility index (Phi) is 3.77. The quantitative estimate of drug-likeness (QED) is 0.737. The van der Waals surface area contributed by atoms with Crippen LogP contribution in [-0.2, 0) is 9.84 Å². The van der Waals surface area contributed by atoms with Crippen LogP contribution >= 0.6 is 0 Å². The van der Waals surface area contributed by atoms with Gasteiger partial charge in [-0.15, -0.1) is 0 Å². The summed E-state index contributed by atoms with van der Waals surface area (Å²) in [4.78, 5) is 4.60. The molecule has 110 valence electrons. The fraction of sp³-hybridized carbons (Fsp3) is 0.0556. The molecule has 1 aromatic heterocycles. The normalized spacial score (nSPS) is 11.3. The van der Waals surface area contributed by atoms with Gasteiger partial charge in [-0.25, -0.2) is 13.4 Å². The summed E-state index contributed by atoms with van der Waals surface area (Å²) in [5.74, 6) is 0. The van der Waals surface area contributed by atoms with E-state index in [1.807, 2.05) is 37.3 Å². The maximum Gasteiger partial charge on any atom is 0.223 e. The zero-order valence-electron chi connectivity index (χ0n) is 12.1. The number of aromatic nitrogens is 1. The van der Waals surface area contributed by atoms with Gasteiger partial charge in [-0.05, 0) is 37.3 Å². The highest BCUT2D eigenvalue weighted by atomic mass is 32.2. The molecule has 0 radical (unpaired) electrons. The van der Waals surface area contributed by atoms with Crippen LogP contribution in [0.4, 0.5) is 0 Å². The van der Waals surface area contributed by atoms with E-state index in [-0.39, 0.29) is 9.92 Å². The molecule has 0 N–H and O–H groups in total. The molecule has 1 heterocycles. The molecule has 0 amide bonds. The first-order valence-corrected chi connectivity index (χ1v) is 8.40. The zero-order valence-corrected chi connectivity index (χ0v) is 12.9. The largest absolute Gasteiger partial charge is 0.236 e. The Balaban J connectivity index is 2.09. The Morgan fingerprint density at radius 3 is 2.27 bits per heavy atom. The number of rotatable bonds is 3. The second-order valence-corrected chi connectivity index (χ2v) is 6.94. The summed E-state index contributed by atoms with van der Waals surface area (Å²) >= 11 is 0. The Morgan fingerprint density at radius 1 is 0.818 bits per heavy atom. The molecule has 3 nitrogen and oxygen atoms in total. The van der Waals surface area contributed by atoms with Crippen molar-refractivity contribution in [1.29, 1.82) is 0 Å². The van der Waals surface area contributed by atoms with Gasteiger partial charge in [0.1, 0.15) is 0 Å². The van der Waals surface area contributed by atoms with Crippen LogP contribution in [0.2, 0.25) is 0 Å². The van der Waals surface area contributed by atoms with Crippen molar-refractivity contribution >= 4 is 9.84 Å². The van der Waals surface area contributed by atoms with Crippen LogP contribution in [-0.4, -0.2) is 13.4 Å². The van der Waals surface area contributed by atoms with Gasteiger partial charge in [-0.3, -0.25) is 0 Å². The summed E-state index contributed by atoms with van der Waals surface area (Å²) in [6, 6.07) is 21.3. The molecule has 0 aliphatic rings. The maximum absolute atomic E-state index is 12.6. The van der Waals surface area contributed by atoms with Crippen LogP contribution in [0.25, 0.3) is 11.3 Å². The monoisotopic (exact) mass is 309 g/mol. The van der Waals surface area contributed by atoms with Gasteiger partial charge in [0.05, 0.1) is 10.6 Å². The Morgan fingerprint density at radius 2 is 1.55 bits per heavy atom. The van der Waals surface area contributed by atoms with Gasteiger partial charge in [-0.2, -0.15) is 0 Å². The van der Waals surface area contributed by atoms with Crippen molar-refractivity contribution in [2.24, 2.45) is 0 Å². The second kappa shape index (κ2) is 5.73. The molecule has 0 saturated carbocycles. The summed E-state index contributed by atoms with van der Waals surface area (Å²) in [6.07, 6.45) is 0. The molecule has 4 heteroatoms. The van der Waals surface area contributed by atoms with Gasteiger partial charge in [0.2, 0.25) is 9.84 Å². The third-order valence-corrected chi connectivity index (χ3v) is 5.04. The van der Waals surface area contributed by atoms with Crippen LogP contribution in [0.5, 0.6) is 0 Å². The van der Waals surface area contributed by atoms with E-state index in [9.17, 15) is 8.42 Å². The van der Waals surface area contributed by atoms with E-state index in [2.05, 4.69) is 4.98 Å².